The highest BCUT2D eigenvalue weighted by Crippen LogP contribution is 2.36. The molecule has 2 N–H and O–H groups in total. The standard InChI is InChI=1S/C15H24N2O2/c1-5-15(2,3)17(4)12(9-16)11-6-7-13-14(8-11)19-10-18-13/h6-8,12H,5,9-10,16H2,1-4H3. The van der Waals surface area contributed by atoms with Gasteiger partial charge in [-0.2, -0.15) is 0 Å². The molecule has 0 aromatic heterocycles. The van der Waals surface area contributed by atoms with Gasteiger partial charge in [0.15, 0.2) is 11.5 Å². The summed E-state index contributed by atoms with van der Waals surface area (Å²) in [6.45, 7) is 7.57. The molecule has 1 unspecified atom stereocenters. The molecule has 0 aliphatic carbocycles. The second kappa shape index (κ2) is 5.39. The summed E-state index contributed by atoms with van der Waals surface area (Å²) in [5, 5.41) is 0. The van der Waals surface area contributed by atoms with Crippen molar-refractivity contribution in [3.63, 3.8) is 0 Å². The molecule has 1 aliphatic rings. The third-order valence-electron chi connectivity index (χ3n) is 4.29. The van der Waals surface area contributed by atoms with Gasteiger partial charge in [0.05, 0.1) is 0 Å². The first-order valence-electron chi connectivity index (χ1n) is 6.82. The third kappa shape index (κ3) is 2.69. The minimum Gasteiger partial charge on any atom is -0.454 e. The molecule has 19 heavy (non-hydrogen) atoms. The minimum absolute atomic E-state index is 0.112. The summed E-state index contributed by atoms with van der Waals surface area (Å²) >= 11 is 0. The Hall–Kier alpha value is -1.26. The molecule has 0 fully saturated rings. The Labute approximate surface area is 115 Å². The van der Waals surface area contributed by atoms with Crippen LogP contribution in [0.2, 0.25) is 0 Å². The van der Waals surface area contributed by atoms with E-state index in [9.17, 15) is 0 Å². The summed E-state index contributed by atoms with van der Waals surface area (Å²) in [4.78, 5) is 2.34. The second-order valence-corrected chi connectivity index (χ2v) is 5.64. The summed E-state index contributed by atoms with van der Waals surface area (Å²) in [6, 6.07) is 6.27. The molecule has 1 atom stereocenters. The highest BCUT2D eigenvalue weighted by atomic mass is 16.7. The van der Waals surface area contributed by atoms with Gasteiger partial charge >= 0.3 is 0 Å². The molecule has 0 saturated carbocycles. The lowest BCUT2D eigenvalue weighted by Crippen LogP contribution is -2.45. The molecule has 4 nitrogen and oxygen atoms in total. The van der Waals surface area contributed by atoms with E-state index in [0.717, 1.165) is 17.9 Å². The molecule has 1 heterocycles. The number of hydrogen-bond acceptors (Lipinski definition) is 4. The van der Waals surface area contributed by atoms with E-state index >= 15 is 0 Å². The number of rotatable bonds is 5. The van der Waals surface area contributed by atoms with Crippen LogP contribution < -0.4 is 15.2 Å². The van der Waals surface area contributed by atoms with Crippen LogP contribution in [0.5, 0.6) is 11.5 Å². The van der Waals surface area contributed by atoms with E-state index in [1.54, 1.807) is 0 Å². The van der Waals surface area contributed by atoms with E-state index in [1.165, 1.54) is 5.56 Å². The molecule has 0 bridgehead atoms. The van der Waals surface area contributed by atoms with E-state index < -0.39 is 0 Å². The van der Waals surface area contributed by atoms with E-state index in [-0.39, 0.29) is 11.6 Å². The van der Waals surface area contributed by atoms with Crippen LogP contribution in [0, 0.1) is 0 Å². The Kier molecular flexibility index (Phi) is 4.02. The maximum absolute atomic E-state index is 5.99. The van der Waals surface area contributed by atoms with Crippen LogP contribution in [0.4, 0.5) is 0 Å². The first-order valence-corrected chi connectivity index (χ1v) is 6.82. The van der Waals surface area contributed by atoms with E-state index in [2.05, 4.69) is 38.8 Å². The molecular formula is C15H24N2O2. The van der Waals surface area contributed by atoms with Crippen LogP contribution in [0.1, 0.15) is 38.8 Å². The average molecular weight is 264 g/mol. The molecule has 4 heteroatoms. The molecule has 106 valence electrons. The van der Waals surface area contributed by atoms with E-state index in [0.29, 0.717) is 13.3 Å². The number of nitrogens with zero attached hydrogens (tertiary/aromatic N) is 1. The molecule has 0 amide bonds. The van der Waals surface area contributed by atoms with Crippen molar-refractivity contribution in [3.8, 4) is 11.5 Å². The fourth-order valence-electron chi connectivity index (χ4n) is 2.31. The zero-order valence-corrected chi connectivity index (χ0v) is 12.3. The number of ether oxygens (including phenoxy) is 2. The predicted octanol–water partition coefficient (Wildman–Crippen LogP) is 2.54. The fraction of sp³-hybridized carbons (Fsp3) is 0.600. The van der Waals surface area contributed by atoms with Gasteiger partial charge in [-0.15, -0.1) is 0 Å². The van der Waals surface area contributed by atoms with Crippen molar-refractivity contribution < 1.29 is 9.47 Å². The van der Waals surface area contributed by atoms with Gasteiger partial charge in [0.25, 0.3) is 0 Å². The lowest BCUT2D eigenvalue weighted by molar-refractivity contribution is 0.100. The number of hydrogen-bond donors (Lipinski definition) is 1. The largest absolute Gasteiger partial charge is 0.454 e. The van der Waals surface area contributed by atoms with Gasteiger partial charge in [-0.1, -0.05) is 13.0 Å². The molecule has 2 rings (SSSR count). The van der Waals surface area contributed by atoms with Crippen LogP contribution in [-0.2, 0) is 0 Å². The molecule has 0 saturated heterocycles. The average Bonchev–Trinajstić information content (AvgIpc) is 2.87. The van der Waals surface area contributed by atoms with Gasteiger partial charge in [0, 0.05) is 18.1 Å². The van der Waals surface area contributed by atoms with Crippen molar-refractivity contribution >= 4 is 0 Å². The smallest absolute Gasteiger partial charge is 0.231 e. The van der Waals surface area contributed by atoms with Crippen molar-refractivity contribution in [2.24, 2.45) is 5.73 Å². The molecule has 1 aromatic rings. The minimum atomic E-state index is 0.112. The molecule has 1 aromatic carbocycles. The van der Waals surface area contributed by atoms with Crippen molar-refractivity contribution in [1.82, 2.24) is 4.90 Å². The maximum atomic E-state index is 5.99. The topological polar surface area (TPSA) is 47.7 Å². The van der Waals surface area contributed by atoms with Gasteiger partial charge in [-0.3, -0.25) is 4.90 Å². The van der Waals surface area contributed by atoms with Gasteiger partial charge in [-0.05, 0) is 45.0 Å². The maximum Gasteiger partial charge on any atom is 0.231 e. The van der Waals surface area contributed by atoms with Crippen LogP contribution in [0.3, 0.4) is 0 Å². The van der Waals surface area contributed by atoms with Crippen LogP contribution in [0.25, 0.3) is 0 Å². The summed E-state index contributed by atoms with van der Waals surface area (Å²) in [5.74, 6) is 1.63. The van der Waals surface area contributed by atoms with Gasteiger partial charge < -0.3 is 15.2 Å². The Morgan fingerprint density at radius 3 is 2.63 bits per heavy atom. The van der Waals surface area contributed by atoms with Crippen molar-refractivity contribution in [2.45, 2.75) is 38.8 Å². The normalized spacial score (nSPS) is 15.9. The van der Waals surface area contributed by atoms with Gasteiger partial charge in [0.2, 0.25) is 6.79 Å². The summed E-state index contributed by atoms with van der Waals surface area (Å²) in [5.41, 5.74) is 7.28. The number of fused-ring (bicyclic) bond motifs is 1. The highest BCUT2D eigenvalue weighted by molar-refractivity contribution is 5.45. The molecule has 0 spiro atoms. The summed E-state index contributed by atoms with van der Waals surface area (Å²) in [6.07, 6.45) is 1.07. The Bertz CT molecular complexity index is 446. The fourth-order valence-corrected chi connectivity index (χ4v) is 2.31. The van der Waals surface area contributed by atoms with E-state index in [4.69, 9.17) is 15.2 Å². The van der Waals surface area contributed by atoms with Crippen LogP contribution in [0.15, 0.2) is 18.2 Å². The highest BCUT2D eigenvalue weighted by Gasteiger charge is 2.29. The first-order chi connectivity index (χ1) is 8.99. The monoisotopic (exact) mass is 264 g/mol. The molecule has 1 aliphatic heterocycles. The zero-order valence-electron chi connectivity index (χ0n) is 12.3. The van der Waals surface area contributed by atoms with Crippen molar-refractivity contribution in [2.75, 3.05) is 20.4 Å². The van der Waals surface area contributed by atoms with Crippen molar-refractivity contribution in [1.29, 1.82) is 0 Å². The molecule has 0 radical (unpaired) electrons. The lowest BCUT2D eigenvalue weighted by Gasteiger charge is -2.40. The first kappa shape index (κ1) is 14.2. The predicted molar refractivity (Wildman–Crippen MR) is 76.5 cm³/mol. The van der Waals surface area contributed by atoms with Crippen molar-refractivity contribution in [3.05, 3.63) is 23.8 Å². The van der Waals surface area contributed by atoms with Gasteiger partial charge in [0.1, 0.15) is 0 Å². The second-order valence-electron chi connectivity index (χ2n) is 5.64. The zero-order chi connectivity index (χ0) is 14.0. The third-order valence-corrected chi connectivity index (χ3v) is 4.29. The SMILES string of the molecule is CCC(C)(C)N(C)C(CN)c1ccc2c(c1)OCO2. The Balaban J connectivity index is 2.27. The van der Waals surface area contributed by atoms with E-state index in [1.807, 2.05) is 12.1 Å². The summed E-state index contributed by atoms with van der Waals surface area (Å²) in [7, 11) is 2.13. The van der Waals surface area contributed by atoms with Crippen LogP contribution >= 0.6 is 0 Å². The Morgan fingerprint density at radius 1 is 1.32 bits per heavy atom. The molecular weight excluding hydrogens is 240 g/mol. The summed E-state index contributed by atoms with van der Waals surface area (Å²) < 4.78 is 10.8. The van der Waals surface area contributed by atoms with Crippen LogP contribution in [-0.4, -0.2) is 30.8 Å². The lowest BCUT2D eigenvalue weighted by atomic mass is 9.94. The number of likely N-dealkylation sites (N-methyl/N-ethyl adjacent to an activating group) is 1. The Morgan fingerprint density at radius 2 is 2.00 bits per heavy atom. The quantitative estimate of drug-likeness (QED) is 0.888. The number of benzene rings is 1. The van der Waals surface area contributed by atoms with Gasteiger partial charge in [-0.25, -0.2) is 0 Å². The number of nitrogens with two attached hydrogens (primary N) is 1.